The van der Waals surface area contributed by atoms with E-state index in [1.54, 1.807) is 24.3 Å². The number of ether oxygens (including phenoxy) is 2. The third-order valence-electron chi connectivity index (χ3n) is 3.28. The lowest BCUT2D eigenvalue weighted by Crippen LogP contribution is -2.32. The molecule has 0 bridgehead atoms. The highest BCUT2D eigenvalue weighted by Crippen LogP contribution is 2.15. The van der Waals surface area contributed by atoms with Crippen LogP contribution in [0, 0.1) is 6.92 Å². The number of urea groups is 1. The van der Waals surface area contributed by atoms with Gasteiger partial charge in [0.2, 0.25) is 0 Å². The van der Waals surface area contributed by atoms with E-state index in [1.807, 2.05) is 31.2 Å². The molecule has 0 aliphatic rings. The molecule has 2 amide bonds. The van der Waals surface area contributed by atoms with Gasteiger partial charge in [-0.25, -0.2) is 9.59 Å². The van der Waals surface area contributed by atoms with Crippen LogP contribution in [0.1, 0.15) is 15.9 Å². The second kappa shape index (κ2) is 8.57. The highest BCUT2D eigenvalue weighted by molar-refractivity contribution is 5.93. The first-order valence-electron chi connectivity index (χ1n) is 7.52. The average molecular weight is 328 g/mol. The van der Waals surface area contributed by atoms with Crippen molar-refractivity contribution in [1.82, 2.24) is 5.32 Å². The Morgan fingerprint density at radius 1 is 1.08 bits per heavy atom. The Balaban J connectivity index is 1.77. The number of carbonyl (C=O) groups excluding carboxylic acids is 2. The van der Waals surface area contributed by atoms with E-state index in [1.165, 1.54) is 7.11 Å². The second-order valence-corrected chi connectivity index (χ2v) is 5.07. The zero-order valence-electron chi connectivity index (χ0n) is 13.7. The van der Waals surface area contributed by atoms with Gasteiger partial charge in [-0.3, -0.25) is 0 Å². The number of amides is 2. The topological polar surface area (TPSA) is 76.7 Å². The molecule has 0 radical (unpaired) electrons. The van der Waals surface area contributed by atoms with Gasteiger partial charge in [0.1, 0.15) is 12.4 Å². The molecule has 2 aromatic carbocycles. The fraction of sp³-hybridized carbons (Fsp3) is 0.222. The van der Waals surface area contributed by atoms with Crippen molar-refractivity contribution in [1.29, 1.82) is 0 Å². The fourth-order valence-electron chi connectivity index (χ4n) is 2.06. The first-order valence-corrected chi connectivity index (χ1v) is 7.52. The van der Waals surface area contributed by atoms with Gasteiger partial charge >= 0.3 is 12.0 Å². The number of hydrogen-bond donors (Lipinski definition) is 2. The van der Waals surface area contributed by atoms with Crippen molar-refractivity contribution in [3.05, 3.63) is 59.7 Å². The molecule has 2 aromatic rings. The molecule has 6 nitrogen and oxygen atoms in total. The summed E-state index contributed by atoms with van der Waals surface area (Å²) in [5.41, 5.74) is 1.93. The number of nitrogens with one attached hydrogen (secondary N) is 2. The quantitative estimate of drug-likeness (QED) is 0.631. The van der Waals surface area contributed by atoms with Crippen molar-refractivity contribution in [2.75, 3.05) is 25.6 Å². The number of esters is 1. The number of methoxy groups -OCH3 is 1. The van der Waals surface area contributed by atoms with E-state index in [9.17, 15) is 9.59 Å². The summed E-state index contributed by atoms with van der Waals surface area (Å²) >= 11 is 0. The van der Waals surface area contributed by atoms with Gasteiger partial charge in [0.15, 0.2) is 0 Å². The maximum atomic E-state index is 11.8. The minimum Gasteiger partial charge on any atom is -0.491 e. The molecule has 0 atom stereocenters. The minimum absolute atomic E-state index is 0.358. The number of aryl methyl sites for hydroxylation is 1. The van der Waals surface area contributed by atoms with E-state index in [-0.39, 0.29) is 6.03 Å². The largest absolute Gasteiger partial charge is 0.491 e. The Morgan fingerprint density at radius 2 is 1.88 bits per heavy atom. The highest BCUT2D eigenvalue weighted by Gasteiger charge is 2.07. The lowest BCUT2D eigenvalue weighted by atomic mass is 10.2. The molecule has 0 aromatic heterocycles. The predicted molar refractivity (Wildman–Crippen MR) is 91.5 cm³/mol. The van der Waals surface area contributed by atoms with E-state index >= 15 is 0 Å². The smallest absolute Gasteiger partial charge is 0.337 e. The fourth-order valence-corrected chi connectivity index (χ4v) is 2.06. The predicted octanol–water partition coefficient (Wildman–Crippen LogP) is 2.98. The summed E-state index contributed by atoms with van der Waals surface area (Å²) in [7, 11) is 1.31. The monoisotopic (exact) mass is 328 g/mol. The zero-order valence-corrected chi connectivity index (χ0v) is 13.7. The molecule has 0 spiro atoms. The normalized spacial score (nSPS) is 9.92. The van der Waals surface area contributed by atoms with Gasteiger partial charge < -0.3 is 20.1 Å². The zero-order chi connectivity index (χ0) is 17.4. The Morgan fingerprint density at radius 3 is 2.62 bits per heavy atom. The van der Waals surface area contributed by atoms with E-state index in [0.29, 0.717) is 24.4 Å². The molecule has 0 saturated carbocycles. The molecule has 2 N–H and O–H groups in total. The van der Waals surface area contributed by atoms with Crippen molar-refractivity contribution in [2.45, 2.75) is 6.92 Å². The van der Waals surface area contributed by atoms with Crippen LogP contribution < -0.4 is 15.4 Å². The lowest BCUT2D eigenvalue weighted by Gasteiger charge is -2.11. The van der Waals surface area contributed by atoms with E-state index in [0.717, 1.165) is 11.3 Å². The van der Waals surface area contributed by atoms with E-state index in [4.69, 9.17) is 4.74 Å². The SMILES string of the molecule is COC(=O)c1cccc(NC(=O)NCCOc2ccccc2C)c1. The van der Waals surface area contributed by atoms with E-state index < -0.39 is 5.97 Å². The Kier molecular flexibility index (Phi) is 6.19. The summed E-state index contributed by atoms with van der Waals surface area (Å²) in [5.74, 6) is 0.344. The molecule has 0 aliphatic carbocycles. The van der Waals surface area contributed by atoms with E-state index in [2.05, 4.69) is 15.4 Å². The number of anilines is 1. The van der Waals surface area contributed by atoms with Crippen molar-refractivity contribution in [3.63, 3.8) is 0 Å². The molecule has 6 heteroatoms. The van der Waals surface area contributed by atoms with Gasteiger partial charge in [0.05, 0.1) is 19.2 Å². The number of benzene rings is 2. The molecule has 0 heterocycles. The van der Waals surface area contributed by atoms with Crippen LogP contribution in [0.3, 0.4) is 0 Å². The molecule has 0 aliphatic heterocycles. The molecule has 0 fully saturated rings. The van der Waals surface area contributed by atoms with Crippen LogP contribution in [0.5, 0.6) is 5.75 Å². The van der Waals surface area contributed by atoms with Crippen LogP contribution in [0.2, 0.25) is 0 Å². The van der Waals surface area contributed by atoms with Gasteiger partial charge in [-0.05, 0) is 36.8 Å². The number of rotatable bonds is 6. The van der Waals surface area contributed by atoms with Crippen molar-refractivity contribution in [3.8, 4) is 5.75 Å². The van der Waals surface area contributed by atoms with Crippen LogP contribution in [0.25, 0.3) is 0 Å². The maximum absolute atomic E-state index is 11.8. The summed E-state index contributed by atoms with van der Waals surface area (Å²) < 4.78 is 10.2. The van der Waals surface area contributed by atoms with Crippen LogP contribution in [-0.4, -0.2) is 32.3 Å². The van der Waals surface area contributed by atoms with Crippen LogP contribution in [-0.2, 0) is 4.74 Å². The summed E-state index contributed by atoms with van der Waals surface area (Å²) in [5, 5.41) is 5.35. The average Bonchev–Trinajstić information content (AvgIpc) is 2.59. The Labute approximate surface area is 140 Å². The summed E-state index contributed by atoms with van der Waals surface area (Å²) in [6.45, 7) is 2.68. The van der Waals surface area contributed by atoms with Gasteiger partial charge in [0.25, 0.3) is 0 Å². The van der Waals surface area contributed by atoms with Gasteiger partial charge in [0, 0.05) is 5.69 Å². The second-order valence-electron chi connectivity index (χ2n) is 5.07. The first-order chi connectivity index (χ1) is 11.6. The number of carbonyl (C=O) groups is 2. The van der Waals surface area contributed by atoms with Crippen LogP contribution in [0.15, 0.2) is 48.5 Å². The van der Waals surface area contributed by atoms with Gasteiger partial charge in [-0.1, -0.05) is 24.3 Å². The highest BCUT2D eigenvalue weighted by atomic mass is 16.5. The minimum atomic E-state index is -0.453. The third kappa shape index (κ3) is 5.01. The van der Waals surface area contributed by atoms with Gasteiger partial charge in [-0.15, -0.1) is 0 Å². The summed E-state index contributed by atoms with van der Waals surface area (Å²) in [6, 6.07) is 13.8. The molecule has 126 valence electrons. The molecule has 0 saturated heterocycles. The number of para-hydroxylation sites is 1. The maximum Gasteiger partial charge on any atom is 0.337 e. The van der Waals surface area contributed by atoms with Crippen molar-refractivity contribution < 1.29 is 19.1 Å². The lowest BCUT2D eigenvalue weighted by molar-refractivity contribution is 0.0600. The molecular formula is C18H20N2O4. The molecular weight excluding hydrogens is 308 g/mol. The van der Waals surface area contributed by atoms with Crippen LogP contribution >= 0.6 is 0 Å². The summed E-state index contributed by atoms with van der Waals surface area (Å²) in [4.78, 5) is 23.3. The van der Waals surface area contributed by atoms with Crippen molar-refractivity contribution in [2.24, 2.45) is 0 Å². The molecule has 24 heavy (non-hydrogen) atoms. The van der Waals surface area contributed by atoms with Crippen molar-refractivity contribution >= 4 is 17.7 Å². The summed E-state index contributed by atoms with van der Waals surface area (Å²) in [6.07, 6.45) is 0. The molecule has 2 rings (SSSR count). The van der Waals surface area contributed by atoms with Crippen LogP contribution in [0.4, 0.5) is 10.5 Å². The Hall–Kier alpha value is -3.02. The Bertz CT molecular complexity index is 716. The third-order valence-corrected chi connectivity index (χ3v) is 3.28. The standard InChI is InChI=1S/C18H20N2O4/c1-13-6-3-4-9-16(13)24-11-10-19-18(22)20-15-8-5-7-14(12-15)17(21)23-2/h3-9,12H,10-11H2,1-2H3,(H2,19,20,22). The van der Waals surface area contributed by atoms with Gasteiger partial charge in [-0.2, -0.15) is 0 Å². The number of hydrogen-bond acceptors (Lipinski definition) is 4. The molecule has 0 unspecified atom stereocenters. The first kappa shape index (κ1) is 17.3.